The number of fused-ring (bicyclic) bond motifs is 1. The average Bonchev–Trinajstić information content (AvgIpc) is 2.96. The van der Waals surface area contributed by atoms with Crippen LogP contribution >= 0.6 is 0 Å². The summed E-state index contributed by atoms with van der Waals surface area (Å²) in [7, 11) is 0. The van der Waals surface area contributed by atoms with Crippen molar-refractivity contribution >= 4 is 23.2 Å². The van der Waals surface area contributed by atoms with E-state index in [9.17, 15) is 22.8 Å². The van der Waals surface area contributed by atoms with Crippen LogP contribution < -0.4 is 9.80 Å². The van der Waals surface area contributed by atoms with Gasteiger partial charge in [-0.05, 0) is 37.1 Å². The monoisotopic (exact) mass is 376 g/mol. The Balaban J connectivity index is 1.79. The number of carbonyl (C=O) groups excluding carboxylic acids is 2. The summed E-state index contributed by atoms with van der Waals surface area (Å²) in [6, 6.07) is 9.28. The molecule has 142 valence electrons. The van der Waals surface area contributed by atoms with Crippen LogP contribution in [-0.4, -0.2) is 24.4 Å². The second-order valence-corrected chi connectivity index (χ2v) is 6.56. The SMILES string of the molecule is CC(=O)N(CCC(=O)N1c2ccccc2CC1C)c1ccc(F)c(F)c1F. The summed E-state index contributed by atoms with van der Waals surface area (Å²) in [6.07, 6.45) is 0.660. The van der Waals surface area contributed by atoms with Gasteiger partial charge in [-0.3, -0.25) is 9.59 Å². The fourth-order valence-electron chi connectivity index (χ4n) is 3.45. The van der Waals surface area contributed by atoms with Gasteiger partial charge in [-0.25, -0.2) is 13.2 Å². The number of para-hydroxylation sites is 1. The van der Waals surface area contributed by atoms with Crippen molar-refractivity contribution < 1.29 is 22.8 Å². The largest absolute Gasteiger partial charge is 0.309 e. The molecule has 0 aliphatic carbocycles. The van der Waals surface area contributed by atoms with Crippen LogP contribution in [0.4, 0.5) is 24.5 Å². The summed E-state index contributed by atoms with van der Waals surface area (Å²) in [4.78, 5) is 27.3. The van der Waals surface area contributed by atoms with Crippen molar-refractivity contribution in [2.24, 2.45) is 0 Å². The second-order valence-electron chi connectivity index (χ2n) is 6.56. The van der Waals surface area contributed by atoms with Crippen molar-refractivity contribution in [2.75, 3.05) is 16.3 Å². The molecule has 2 aromatic rings. The number of hydrogen-bond donors (Lipinski definition) is 0. The zero-order chi connectivity index (χ0) is 19.7. The first-order valence-corrected chi connectivity index (χ1v) is 8.62. The van der Waals surface area contributed by atoms with Gasteiger partial charge in [-0.2, -0.15) is 0 Å². The van der Waals surface area contributed by atoms with Gasteiger partial charge in [0, 0.05) is 31.6 Å². The molecule has 1 aliphatic rings. The van der Waals surface area contributed by atoms with E-state index in [1.807, 2.05) is 31.2 Å². The molecule has 0 aromatic heterocycles. The third-order valence-electron chi connectivity index (χ3n) is 4.71. The maximum atomic E-state index is 14.1. The highest BCUT2D eigenvalue weighted by Crippen LogP contribution is 2.32. The van der Waals surface area contributed by atoms with E-state index in [0.717, 1.165) is 34.7 Å². The van der Waals surface area contributed by atoms with Crippen molar-refractivity contribution in [3.05, 3.63) is 59.4 Å². The molecular weight excluding hydrogens is 357 g/mol. The summed E-state index contributed by atoms with van der Waals surface area (Å²) in [5.74, 6) is -5.22. The first-order chi connectivity index (χ1) is 12.8. The molecule has 7 heteroatoms. The van der Waals surface area contributed by atoms with E-state index >= 15 is 0 Å². The minimum atomic E-state index is -1.65. The predicted molar refractivity (Wildman–Crippen MR) is 96.1 cm³/mol. The highest BCUT2D eigenvalue weighted by Gasteiger charge is 2.31. The minimum Gasteiger partial charge on any atom is -0.309 e. The van der Waals surface area contributed by atoms with Gasteiger partial charge in [0.15, 0.2) is 17.5 Å². The standard InChI is InChI=1S/C20H19F3N2O2/c1-12-11-14-5-3-4-6-16(14)25(12)18(27)9-10-24(13(2)26)17-8-7-15(21)19(22)20(17)23/h3-8,12H,9-11H2,1-2H3. The summed E-state index contributed by atoms with van der Waals surface area (Å²) in [5.41, 5.74) is 1.50. The van der Waals surface area contributed by atoms with Crippen molar-refractivity contribution in [2.45, 2.75) is 32.7 Å². The molecule has 2 aromatic carbocycles. The van der Waals surface area contributed by atoms with Crippen LogP contribution in [0.5, 0.6) is 0 Å². The van der Waals surface area contributed by atoms with Crippen molar-refractivity contribution in [1.82, 2.24) is 0 Å². The molecule has 0 saturated carbocycles. The topological polar surface area (TPSA) is 40.6 Å². The maximum absolute atomic E-state index is 14.1. The van der Waals surface area contributed by atoms with E-state index in [1.54, 1.807) is 4.90 Å². The number of carbonyl (C=O) groups is 2. The molecule has 1 heterocycles. The average molecular weight is 376 g/mol. The molecule has 0 bridgehead atoms. The molecule has 0 radical (unpaired) electrons. The van der Waals surface area contributed by atoms with Crippen LogP contribution in [0.1, 0.15) is 25.8 Å². The number of halogens is 3. The third-order valence-corrected chi connectivity index (χ3v) is 4.71. The van der Waals surface area contributed by atoms with Crippen LogP contribution in [0.2, 0.25) is 0 Å². The van der Waals surface area contributed by atoms with Crippen LogP contribution in [0.25, 0.3) is 0 Å². The van der Waals surface area contributed by atoms with E-state index in [1.165, 1.54) is 6.92 Å². The third kappa shape index (κ3) is 3.54. The van der Waals surface area contributed by atoms with Crippen molar-refractivity contribution in [3.63, 3.8) is 0 Å². The first-order valence-electron chi connectivity index (χ1n) is 8.62. The van der Waals surface area contributed by atoms with Gasteiger partial charge in [0.1, 0.15) is 0 Å². The lowest BCUT2D eigenvalue weighted by molar-refractivity contribution is -0.119. The maximum Gasteiger partial charge on any atom is 0.229 e. The zero-order valence-corrected chi connectivity index (χ0v) is 15.0. The quantitative estimate of drug-likeness (QED) is 0.761. The molecule has 0 saturated heterocycles. The highest BCUT2D eigenvalue weighted by molar-refractivity contribution is 5.98. The Hall–Kier alpha value is -2.83. The van der Waals surface area contributed by atoms with E-state index in [0.29, 0.717) is 0 Å². The lowest BCUT2D eigenvalue weighted by Gasteiger charge is -2.26. The van der Waals surface area contributed by atoms with Gasteiger partial charge >= 0.3 is 0 Å². The number of anilines is 2. The Labute approximate surface area is 155 Å². The lowest BCUT2D eigenvalue weighted by Crippen LogP contribution is -2.39. The number of benzene rings is 2. The summed E-state index contributed by atoms with van der Waals surface area (Å²) >= 11 is 0. The smallest absolute Gasteiger partial charge is 0.229 e. The molecule has 2 amide bonds. The van der Waals surface area contributed by atoms with Gasteiger partial charge in [-0.1, -0.05) is 18.2 Å². The lowest BCUT2D eigenvalue weighted by atomic mass is 10.1. The Bertz CT molecular complexity index is 901. The molecule has 4 nitrogen and oxygen atoms in total. The highest BCUT2D eigenvalue weighted by atomic mass is 19.2. The van der Waals surface area contributed by atoms with Crippen LogP contribution in [0.3, 0.4) is 0 Å². The van der Waals surface area contributed by atoms with E-state index in [2.05, 4.69) is 0 Å². The molecule has 1 aliphatic heterocycles. The number of hydrogen-bond acceptors (Lipinski definition) is 2. The van der Waals surface area contributed by atoms with Gasteiger partial charge < -0.3 is 9.80 Å². The van der Waals surface area contributed by atoms with Crippen LogP contribution in [0, 0.1) is 17.5 Å². The van der Waals surface area contributed by atoms with Gasteiger partial charge in [-0.15, -0.1) is 0 Å². The molecule has 27 heavy (non-hydrogen) atoms. The summed E-state index contributed by atoms with van der Waals surface area (Å²) in [6.45, 7) is 2.97. The number of nitrogens with zero attached hydrogens (tertiary/aromatic N) is 2. The summed E-state index contributed by atoms with van der Waals surface area (Å²) < 4.78 is 40.7. The molecule has 1 atom stereocenters. The molecule has 0 spiro atoms. The van der Waals surface area contributed by atoms with Gasteiger partial charge in [0.2, 0.25) is 11.8 Å². The predicted octanol–water partition coefficient (Wildman–Crippen LogP) is 3.82. The molecule has 0 N–H and O–H groups in total. The van der Waals surface area contributed by atoms with Crippen LogP contribution in [-0.2, 0) is 16.0 Å². The van der Waals surface area contributed by atoms with Crippen molar-refractivity contribution in [3.8, 4) is 0 Å². The fourth-order valence-corrected chi connectivity index (χ4v) is 3.45. The Kier molecular flexibility index (Phi) is 5.21. The number of amides is 2. The second kappa shape index (κ2) is 7.42. The van der Waals surface area contributed by atoms with Crippen molar-refractivity contribution in [1.29, 1.82) is 0 Å². The van der Waals surface area contributed by atoms with E-state index in [4.69, 9.17) is 0 Å². The molecular formula is C20H19F3N2O2. The number of rotatable bonds is 4. The Morgan fingerprint density at radius 3 is 2.52 bits per heavy atom. The van der Waals surface area contributed by atoms with Crippen LogP contribution in [0.15, 0.2) is 36.4 Å². The first kappa shape index (κ1) is 18.9. The van der Waals surface area contributed by atoms with Gasteiger partial charge in [0.05, 0.1) is 5.69 Å². The molecule has 3 rings (SSSR count). The fraction of sp³-hybridized carbons (Fsp3) is 0.300. The van der Waals surface area contributed by atoms with E-state index < -0.39 is 23.4 Å². The van der Waals surface area contributed by atoms with E-state index in [-0.39, 0.29) is 30.6 Å². The van der Waals surface area contributed by atoms with Gasteiger partial charge in [0.25, 0.3) is 0 Å². The summed E-state index contributed by atoms with van der Waals surface area (Å²) in [5, 5.41) is 0. The molecule has 0 fully saturated rings. The molecule has 1 unspecified atom stereocenters. The minimum absolute atomic E-state index is 0.0271. The Morgan fingerprint density at radius 1 is 1.11 bits per heavy atom. The zero-order valence-electron chi connectivity index (χ0n) is 15.0. The normalized spacial score (nSPS) is 15.6. The Morgan fingerprint density at radius 2 is 1.81 bits per heavy atom.